The minimum Gasteiger partial charge on any atom is -0.340 e. The third-order valence-electron chi connectivity index (χ3n) is 4.82. The molecule has 0 bridgehead atoms. The lowest BCUT2D eigenvalue weighted by Crippen LogP contribution is -2.35. The van der Waals surface area contributed by atoms with Gasteiger partial charge in [-0.2, -0.15) is 4.98 Å². The summed E-state index contributed by atoms with van der Waals surface area (Å²) in [6.07, 6.45) is 7.04. The van der Waals surface area contributed by atoms with Crippen LogP contribution in [-0.2, 0) is 6.54 Å². The molecule has 2 fully saturated rings. The normalized spacial score (nSPS) is 25.1. The summed E-state index contributed by atoms with van der Waals surface area (Å²) >= 11 is 0. The van der Waals surface area contributed by atoms with Crippen molar-refractivity contribution >= 4 is 0 Å². The molecule has 20 heavy (non-hydrogen) atoms. The van der Waals surface area contributed by atoms with Gasteiger partial charge in [0.25, 0.3) is 0 Å². The average molecular weight is 278 g/mol. The molecule has 112 valence electrons. The summed E-state index contributed by atoms with van der Waals surface area (Å²) in [6, 6.07) is 0.634. The van der Waals surface area contributed by atoms with Gasteiger partial charge in [-0.05, 0) is 38.8 Å². The first-order valence-electron chi connectivity index (χ1n) is 7.92. The zero-order chi connectivity index (χ0) is 13.9. The van der Waals surface area contributed by atoms with E-state index in [0.717, 1.165) is 18.3 Å². The van der Waals surface area contributed by atoms with E-state index in [-0.39, 0.29) is 0 Å². The largest absolute Gasteiger partial charge is 0.340 e. The van der Waals surface area contributed by atoms with E-state index in [9.17, 15) is 0 Å². The third kappa shape index (κ3) is 3.38. The van der Waals surface area contributed by atoms with E-state index in [1.807, 2.05) is 6.92 Å². The lowest BCUT2D eigenvalue weighted by molar-refractivity contribution is 0.208. The van der Waals surface area contributed by atoms with Gasteiger partial charge in [0, 0.05) is 26.1 Å². The van der Waals surface area contributed by atoms with Gasteiger partial charge in [-0.15, -0.1) is 0 Å². The van der Waals surface area contributed by atoms with Gasteiger partial charge in [0.05, 0.1) is 6.54 Å². The Morgan fingerprint density at radius 3 is 2.80 bits per heavy atom. The van der Waals surface area contributed by atoms with Gasteiger partial charge in [0.2, 0.25) is 5.89 Å². The summed E-state index contributed by atoms with van der Waals surface area (Å²) < 4.78 is 5.04. The van der Waals surface area contributed by atoms with E-state index in [1.54, 1.807) is 0 Å². The number of likely N-dealkylation sites (N-methyl/N-ethyl adjacent to an activating group) is 1. The van der Waals surface area contributed by atoms with Crippen LogP contribution in [-0.4, -0.2) is 52.7 Å². The molecule has 0 N–H and O–H groups in total. The second-order valence-corrected chi connectivity index (χ2v) is 6.50. The highest BCUT2D eigenvalue weighted by atomic mass is 16.5. The maximum Gasteiger partial charge on any atom is 0.223 e. The van der Waals surface area contributed by atoms with Crippen LogP contribution in [0.4, 0.5) is 0 Å². The van der Waals surface area contributed by atoms with Crippen molar-refractivity contribution in [2.24, 2.45) is 5.92 Å². The van der Waals surface area contributed by atoms with Gasteiger partial charge in [0.15, 0.2) is 5.82 Å². The quantitative estimate of drug-likeness (QED) is 0.825. The number of hydrogen-bond acceptors (Lipinski definition) is 5. The van der Waals surface area contributed by atoms with Crippen LogP contribution in [0, 0.1) is 12.8 Å². The lowest BCUT2D eigenvalue weighted by atomic mass is 10.1. The molecule has 3 rings (SSSR count). The highest BCUT2D eigenvalue weighted by Crippen LogP contribution is 2.27. The summed E-state index contributed by atoms with van der Waals surface area (Å²) in [4.78, 5) is 9.32. The number of rotatable bonds is 5. The van der Waals surface area contributed by atoms with Gasteiger partial charge in [-0.1, -0.05) is 18.0 Å². The van der Waals surface area contributed by atoms with E-state index in [2.05, 4.69) is 27.0 Å². The summed E-state index contributed by atoms with van der Waals surface area (Å²) in [7, 11) is 2.18. The van der Waals surface area contributed by atoms with Gasteiger partial charge in [-0.3, -0.25) is 4.90 Å². The summed E-state index contributed by atoms with van der Waals surface area (Å²) in [5, 5.41) is 3.99. The van der Waals surface area contributed by atoms with Gasteiger partial charge < -0.3 is 9.42 Å². The lowest BCUT2D eigenvalue weighted by Gasteiger charge is -2.24. The van der Waals surface area contributed by atoms with Gasteiger partial charge in [0.1, 0.15) is 0 Å². The van der Waals surface area contributed by atoms with E-state index in [0.29, 0.717) is 11.9 Å². The highest BCUT2D eigenvalue weighted by molar-refractivity contribution is 4.88. The molecule has 0 unspecified atom stereocenters. The molecule has 2 heterocycles. The van der Waals surface area contributed by atoms with E-state index in [4.69, 9.17) is 4.52 Å². The predicted octanol–water partition coefficient (Wildman–Crippen LogP) is 2.07. The van der Waals surface area contributed by atoms with Crippen molar-refractivity contribution in [3.05, 3.63) is 11.7 Å². The number of aryl methyl sites for hydroxylation is 1. The standard InChI is InChI=1S/C15H26N4O/c1-12-16-15(17-20-12)11-18(2)14-7-8-19(10-14)9-13-5-3-4-6-13/h13-14H,3-11H2,1-2H3/t14-/m1/s1. The van der Waals surface area contributed by atoms with Crippen LogP contribution >= 0.6 is 0 Å². The number of likely N-dealkylation sites (tertiary alicyclic amines) is 1. The zero-order valence-electron chi connectivity index (χ0n) is 12.7. The van der Waals surface area contributed by atoms with Crippen molar-refractivity contribution in [1.29, 1.82) is 0 Å². The molecule has 1 aromatic rings. The second kappa shape index (κ2) is 6.22. The Bertz CT molecular complexity index is 427. The Morgan fingerprint density at radius 2 is 2.10 bits per heavy atom. The van der Waals surface area contributed by atoms with Crippen LogP contribution in [0.2, 0.25) is 0 Å². The molecule has 2 aliphatic rings. The Balaban J connectivity index is 1.46. The van der Waals surface area contributed by atoms with Crippen molar-refractivity contribution in [2.45, 2.75) is 51.6 Å². The molecule has 1 aromatic heterocycles. The Labute approximate surface area is 121 Å². The van der Waals surface area contributed by atoms with Gasteiger partial charge >= 0.3 is 0 Å². The second-order valence-electron chi connectivity index (χ2n) is 6.50. The topological polar surface area (TPSA) is 45.4 Å². The van der Waals surface area contributed by atoms with Crippen molar-refractivity contribution in [3.63, 3.8) is 0 Å². The first-order valence-corrected chi connectivity index (χ1v) is 7.92. The fourth-order valence-corrected chi connectivity index (χ4v) is 3.65. The maximum absolute atomic E-state index is 5.04. The first-order chi connectivity index (χ1) is 9.70. The van der Waals surface area contributed by atoms with Crippen molar-refractivity contribution in [1.82, 2.24) is 19.9 Å². The highest BCUT2D eigenvalue weighted by Gasteiger charge is 2.28. The maximum atomic E-state index is 5.04. The van der Waals surface area contributed by atoms with Crippen molar-refractivity contribution in [3.8, 4) is 0 Å². The van der Waals surface area contributed by atoms with Crippen LogP contribution in [0.3, 0.4) is 0 Å². The van der Waals surface area contributed by atoms with E-state index in [1.165, 1.54) is 51.7 Å². The van der Waals surface area contributed by atoms with Crippen LogP contribution in [0.25, 0.3) is 0 Å². The molecule has 1 aliphatic carbocycles. The first kappa shape index (κ1) is 14.0. The molecule has 5 heteroatoms. The van der Waals surface area contributed by atoms with Crippen LogP contribution in [0.5, 0.6) is 0 Å². The van der Waals surface area contributed by atoms with E-state index < -0.39 is 0 Å². The molecule has 5 nitrogen and oxygen atoms in total. The third-order valence-corrected chi connectivity index (χ3v) is 4.82. The fraction of sp³-hybridized carbons (Fsp3) is 0.867. The summed E-state index contributed by atoms with van der Waals surface area (Å²) in [5.41, 5.74) is 0. The molecular formula is C15H26N4O. The Morgan fingerprint density at radius 1 is 1.30 bits per heavy atom. The van der Waals surface area contributed by atoms with Crippen molar-refractivity contribution < 1.29 is 4.52 Å². The summed E-state index contributed by atoms with van der Waals surface area (Å²) in [5.74, 6) is 2.42. The van der Waals surface area contributed by atoms with Crippen LogP contribution < -0.4 is 0 Å². The molecule has 1 saturated heterocycles. The van der Waals surface area contributed by atoms with E-state index >= 15 is 0 Å². The Kier molecular flexibility index (Phi) is 4.36. The molecule has 1 atom stereocenters. The number of aromatic nitrogens is 2. The molecule has 0 aromatic carbocycles. The fourth-order valence-electron chi connectivity index (χ4n) is 3.65. The Hall–Kier alpha value is -0.940. The predicted molar refractivity (Wildman–Crippen MR) is 77.3 cm³/mol. The summed E-state index contributed by atoms with van der Waals surface area (Å²) in [6.45, 7) is 6.39. The molecule has 0 radical (unpaired) electrons. The van der Waals surface area contributed by atoms with Crippen LogP contribution in [0.15, 0.2) is 4.52 Å². The zero-order valence-corrected chi connectivity index (χ0v) is 12.7. The van der Waals surface area contributed by atoms with Crippen molar-refractivity contribution in [2.75, 3.05) is 26.7 Å². The molecule has 1 aliphatic heterocycles. The SMILES string of the molecule is Cc1nc(CN(C)[C@@H]2CCN(CC3CCCC3)C2)no1. The molecule has 1 saturated carbocycles. The average Bonchev–Trinajstić information content (AvgIpc) is 3.12. The number of hydrogen-bond donors (Lipinski definition) is 0. The monoisotopic (exact) mass is 278 g/mol. The van der Waals surface area contributed by atoms with Crippen LogP contribution in [0.1, 0.15) is 43.8 Å². The smallest absolute Gasteiger partial charge is 0.223 e. The molecular weight excluding hydrogens is 252 g/mol. The van der Waals surface area contributed by atoms with Gasteiger partial charge in [-0.25, -0.2) is 0 Å². The number of nitrogens with zero attached hydrogens (tertiary/aromatic N) is 4. The molecule has 0 amide bonds. The minimum absolute atomic E-state index is 0.634. The molecule has 0 spiro atoms. The minimum atomic E-state index is 0.634.